The molecule has 1 amide bonds. The lowest BCUT2D eigenvalue weighted by atomic mass is 9.97. The summed E-state index contributed by atoms with van der Waals surface area (Å²) in [4.78, 5) is 12.3. The van der Waals surface area contributed by atoms with Crippen molar-refractivity contribution in [2.75, 3.05) is 18.5 Å². The van der Waals surface area contributed by atoms with E-state index in [0.29, 0.717) is 28.3 Å². The molecule has 1 fully saturated rings. The van der Waals surface area contributed by atoms with Crippen molar-refractivity contribution in [1.82, 2.24) is 10.2 Å². The van der Waals surface area contributed by atoms with Crippen molar-refractivity contribution < 1.29 is 18.3 Å². The smallest absolute Gasteiger partial charge is 0.230 e. The molecule has 0 bridgehead atoms. The molecule has 2 aromatic heterocycles. The SMILES string of the molecule is O=C(Cc1coc2ccc(F)cc12)Nc1cc(C2CCOCC2)[nH]n1. The first-order chi connectivity index (χ1) is 12.2. The van der Waals surface area contributed by atoms with Gasteiger partial charge in [0.1, 0.15) is 11.4 Å². The maximum atomic E-state index is 13.4. The molecule has 3 heterocycles. The van der Waals surface area contributed by atoms with Crippen LogP contribution in [0.25, 0.3) is 11.0 Å². The largest absolute Gasteiger partial charge is 0.464 e. The summed E-state index contributed by atoms with van der Waals surface area (Å²) in [5.74, 6) is 0.291. The van der Waals surface area contributed by atoms with Crippen molar-refractivity contribution in [2.45, 2.75) is 25.2 Å². The van der Waals surface area contributed by atoms with E-state index in [1.165, 1.54) is 18.4 Å². The van der Waals surface area contributed by atoms with Crippen LogP contribution in [0.4, 0.5) is 10.2 Å². The number of carbonyl (C=O) groups is 1. The van der Waals surface area contributed by atoms with Crippen molar-refractivity contribution >= 4 is 22.7 Å². The van der Waals surface area contributed by atoms with Gasteiger partial charge in [-0.2, -0.15) is 5.10 Å². The molecule has 4 rings (SSSR count). The van der Waals surface area contributed by atoms with Crippen molar-refractivity contribution in [3.8, 4) is 0 Å². The highest BCUT2D eigenvalue weighted by molar-refractivity contribution is 5.94. The summed E-state index contributed by atoms with van der Waals surface area (Å²) >= 11 is 0. The van der Waals surface area contributed by atoms with Gasteiger partial charge in [0.05, 0.1) is 12.7 Å². The molecule has 1 aromatic carbocycles. The molecule has 3 aromatic rings. The second-order valence-corrected chi connectivity index (χ2v) is 6.22. The number of halogens is 1. The first-order valence-corrected chi connectivity index (χ1v) is 8.27. The zero-order chi connectivity index (χ0) is 17.2. The van der Waals surface area contributed by atoms with E-state index in [2.05, 4.69) is 15.5 Å². The van der Waals surface area contributed by atoms with Gasteiger partial charge in [0, 0.05) is 41.8 Å². The zero-order valence-corrected chi connectivity index (χ0v) is 13.5. The van der Waals surface area contributed by atoms with Gasteiger partial charge in [-0.1, -0.05) is 0 Å². The molecular formula is C18H18FN3O3. The number of benzene rings is 1. The predicted molar refractivity (Wildman–Crippen MR) is 89.9 cm³/mol. The van der Waals surface area contributed by atoms with Crippen LogP contribution >= 0.6 is 0 Å². The van der Waals surface area contributed by atoms with Gasteiger partial charge < -0.3 is 14.5 Å². The number of rotatable bonds is 4. The number of furan rings is 1. The van der Waals surface area contributed by atoms with Gasteiger partial charge >= 0.3 is 0 Å². The average Bonchev–Trinajstić information content (AvgIpc) is 3.23. The van der Waals surface area contributed by atoms with E-state index in [0.717, 1.165) is 31.7 Å². The fourth-order valence-electron chi connectivity index (χ4n) is 3.17. The van der Waals surface area contributed by atoms with Gasteiger partial charge in [-0.05, 0) is 31.0 Å². The summed E-state index contributed by atoms with van der Waals surface area (Å²) in [6.45, 7) is 1.49. The number of amides is 1. The van der Waals surface area contributed by atoms with Crippen LogP contribution in [0.5, 0.6) is 0 Å². The number of aromatic nitrogens is 2. The first kappa shape index (κ1) is 15.8. The van der Waals surface area contributed by atoms with E-state index in [1.807, 2.05) is 6.07 Å². The minimum absolute atomic E-state index is 0.0932. The molecule has 25 heavy (non-hydrogen) atoms. The van der Waals surface area contributed by atoms with E-state index in [4.69, 9.17) is 9.15 Å². The number of carbonyl (C=O) groups excluding carboxylic acids is 1. The van der Waals surface area contributed by atoms with E-state index < -0.39 is 0 Å². The highest BCUT2D eigenvalue weighted by Crippen LogP contribution is 2.27. The van der Waals surface area contributed by atoms with Gasteiger partial charge in [0.15, 0.2) is 5.82 Å². The Hall–Kier alpha value is -2.67. The normalized spacial score (nSPS) is 15.6. The van der Waals surface area contributed by atoms with E-state index >= 15 is 0 Å². The molecule has 7 heteroatoms. The third kappa shape index (κ3) is 3.41. The Morgan fingerprint density at radius 2 is 2.16 bits per heavy atom. The molecule has 6 nitrogen and oxygen atoms in total. The molecule has 0 unspecified atom stereocenters. The standard InChI is InChI=1S/C18H18FN3O3/c19-13-1-2-16-14(8-13)12(10-25-16)7-18(23)20-17-9-15(21-22-17)11-3-5-24-6-4-11/h1-2,8-11H,3-7H2,(H2,20,21,22,23). The van der Waals surface area contributed by atoms with Crippen LogP contribution in [0.1, 0.15) is 30.0 Å². The van der Waals surface area contributed by atoms with Crippen LogP contribution in [0.15, 0.2) is 34.9 Å². The fourth-order valence-corrected chi connectivity index (χ4v) is 3.17. The Kier molecular flexibility index (Phi) is 4.23. The summed E-state index contributed by atoms with van der Waals surface area (Å²) in [7, 11) is 0. The number of anilines is 1. The van der Waals surface area contributed by atoms with Crippen LogP contribution in [0, 0.1) is 5.82 Å². The van der Waals surface area contributed by atoms with Gasteiger partial charge in [0.2, 0.25) is 5.91 Å². The molecule has 0 saturated carbocycles. The van der Waals surface area contributed by atoms with Crippen molar-refractivity contribution in [3.05, 3.63) is 47.6 Å². The van der Waals surface area contributed by atoms with E-state index in [9.17, 15) is 9.18 Å². The maximum absolute atomic E-state index is 13.4. The topological polar surface area (TPSA) is 80.1 Å². The summed E-state index contributed by atoms with van der Waals surface area (Å²) in [6.07, 6.45) is 3.47. The number of hydrogen-bond acceptors (Lipinski definition) is 4. The Morgan fingerprint density at radius 1 is 1.32 bits per heavy atom. The molecule has 2 N–H and O–H groups in total. The number of nitrogens with one attached hydrogen (secondary N) is 2. The van der Waals surface area contributed by atoms with Gasteiger partial charge in [-0.15, -0.1) is 0 Å². The summed E-state index contributed by atoms with van der Waals surface area (Å²) in [5, 5.41) is 10.5. The third-order valence-electron chi connectivity index (χ3n) is 4.49. The molecule has 0 atom stereocenters. The number of hydrogen-bond donors (Lipinski definition) is 2. The number of ether oxygens (including phenoxy) is 1. The van der Waals surface area contributed by atoms with Gasteiger partial charge in [-0.25, -0.2) is 4.39 Å². The van der Waals surface area contributed by atoms with Gasteiger partial charge in [0.25, 0.3) is 0 Å². The average molecular weight is 343 g/mol. The van der Waals surface area contributed by atoms with E-state index in [-0.39, 0.29) is 18.1 Å². The molecule has 0 spiro atoms. The Morgan fingerprint density at radius 3 is 3.00 bits per heavy atom. The molecule has 130 valence electrons. The lowest BCUT2D eigenvalue weighted by Gasteiger charge is -2.20. The van der Waals surface area contributed by atoms with Crippen molar-refractivity contribution in [2.24, 2.45) is 0 Å². The summed E-state index contributed by atoms with van der Waals surface area (Å²) in [5.41, 5.74) is 2.22. The van der Waals surface area contributed by atoms with Crippen LogP contribution in [-0.4, -0.2) is 29.3 Å². The second-order valence-electron chi connectivity index (χ2n) is 6.22. The molecule has 1 aliphatic heterocycles. The Bertz CT molecular complexity index is 896. The highest BCUT2D eigenvalue weighted by atomic mass is 19.1. The number of nitrogens with zero attached hydrogens (tertiary/aromatic N) is 1. The molecule has 1 saturated heterocycles. The quantitative estimate of drug-likeness (QED) is 0.761. The second kappa shape index (κ2) is 6.68. The van der Waals surface area contributed by atoms with Crippen LogP contribution < -0.4 is 5.32 Å². The summed E-state index contributed by atoms with van der Waals surface area (Å²) in [6, 6.07) is 6.12. The lowest BCUT2D eigenvalue weighted by Crippen LogP contribution is -2.15. The molecule has 1 aliphatic rings. The van der Waals surface area contributed by atoms with Crippen LogP contribution in [-0.2, 0) is 16.0 Å². The Labute approximate surface area is 143 Å². The van der Waals surface area contributed by atoms with Crippen LogP contribution in [0.2, 0.25) is 0 Å². The van der Waals surface area contributed by atoms with Crippen molar-refractivity contribution in [3.63, 3.8) is 0 Å². The predicted octanol–water partition coefficient (Wildman–Crippen LogP) is 3.37. The minimum Gasteiger partial charge on any atom is -0.464 e. The fraction of sp³-hybridized carbons (Fsp3) is 0.333. The molecule has 0 aliphatic carbocycles. The lowest BCUT2D eigenvalue weighted by molar-refractivity contribution is -0.115. The number of aromatic amines is 1. The number of H-pyrrole nitrogens is 1. The monoisotopic (exact) mass is 343 g/mol. The maximum Gasteiger partial charge on any atom is 0.230 e. The number of fused-ring (bicyclic) bond motifs is 1. The summed E-state index contributed by atoms with van der Waals surface area (Å²) < 4.78 is 24.1. The minimum atomic E-state index is -0.357. The van der Waals surface area contributed by atoms with Crippen molar-refractivity contribution in [1.29, 1.82) is 0 Å². The van der Waals surface area contributed by atoms with E-state index in [1.54, 1.807) is 6.07 Å². The third-order valence-corrected chi connectivity index (χ3v) is 4.49. The van der Waals surface area contributed by atoms with Gasteiger partial charge in [-0.3, -0.25) is 9.89 Å². The molecular weight excluding hydrogens is 325 g/mol. The molecule has 0 radical (unpaired) electrons. The Balaban J connectivity index is 1.43. The zero-order valence-electron chi connectivity index (χ0n) is 13.5. The first-order valence-electron chi connectivity index (χ1n) is 8.27. The van der Waals surface area contributed by atoms with Crippen LogP contribution in [0.3, 0.4) is 0 Å². The highest BCUT2D eigenvalue weighted by Gasteiger charge is 2.19.